The third-order valence-corrected chi connectivity index (χ3v) is 4.22. The maximum absolute atomic E-state index is 12.6. The van der Waals surface area contributed by atoms with Crippen LogP contribution < -0.4 is 14.8 Å². The van der Waals surface area contributed by atoms with E-state index >= 15 is 0 Å². The van der Waals surface area contributed by atoms with Crippen molar-refractivity contribution in [3.8, 4) is 11.5 Å². The number of carbonyl (C=O) groups excluding carboxylic acids is 1. The lowest BCUT2D eigenvalue weighted by molar-refractivity contribution is -0.116. The van der Waals surface area contributed by atoms with Gasteiger partial charge in [-0.2, -0.15) is 0 Å². The summed E-state index contributed by atoms with van der Waals surface area (Å²) in [6.45, 7) is 0. The van der Waals surface area contributed by atoms with Crippen LogP contribution in [0.25, 0.3) is 0 Å². The van der Waals surface area contributed by atoms with Gasteiger partial charge in [0.05, 0.1) is 26.7 Å². The number of aromatic nitrogens is 1. The van der Waals surface area contributed by atoms with Crippen LogP contribution in [0.2, 0.25) is 0 Å². The Balaban J connectivity index is 1.77. The van der Waals surface area contributed by atoms with E-state index in [9.17, 15) is 4.79 Å². The van der Waals surface area contributed by atoms with E-state index in [1.807, 2.05) is 59.4 Å². The molecule has 1 N–H and O–H groups in total. The molecule has 0 fully saturated rings. The second-order valence-corrected chi connectivity index (χ2v) is 5.88. The predicted molar refractivity (Wildman–Crippen MR) is 102 cm³/mol. The van der Waals surface area contributed by atoms with Gasteiger partial charge < -0.3 is 19.4 Å². The Bertz CT molecular complexity index is 845. The zero-order valence-electron chi connectivity index (χ0n) is 14.9. The van der Waals surface area contributed by atoms with Crippen LogP contribution in [-0.2, 0) is 4.79 Å². The monoisotopic (exact) mass is 350 g/mol. The molecular weight excluding hydrogens is 328 g/mol. The Morgan fingerprint density at radius 3 is 2.31 bits per heavy atom. The van der Waals surface area contributed by atoms with Gasteiger partial charge in [0.15, 0.2) is 11.5 Å². The van der Waals surface area contributed by atoms with E-state index in [0.29, 0.717) is 23.6 Å². The molecule has 5 nitrogen and oxygen atoms in total. The van der Waals surface area contributed by atoms with Gasteiger partial charge in [0.1, 0.15) is 0 Å². The number of benzene rings is 2. The molecule has 0 aliphatic rings. The number of nitrogens with one attached hydrogen (secondary N) is 1. The maximum Gasteiger partial charge on any atom is 0.226 e. The first-order valence-electron chi connectivity index (χ1n) is 8.40. The molecule has 1 heterocycles. The number of methoxy groups -OCH3 is 2. The lowest BCUT2D eigenvalue weighted by atomic mass is 10.0. The number of carbonyl (C=O) groups is 1. The normalized spacial score (nSPS) is 11.6. The molecule has 2 aromatic carbocycles. The van der Waals surface area contributed by atoms with Crippen LogP contribution in [0.3, 0.4) is 0 Å². The number of rotatable bonds is 7. The minimum atomic E-state index is -0.0697. The molecule has 0 saturated carbocycles. The lowest BCUT2D eigenvalue weighted by Gasteiger charge is -2.19. The quantitative estimate of drug-likeness (QED) is 0.697. The first kappa shape index (κ1) is 17.6. The first-order valence-corrected chi connectivity index (χ1v) is 8.40. The number of nitrogens with zero attached hydrogens (tertiary/aromatic N) is 1. The van der Waals surface area contributed by atoms with Crippen LogP contribution in [0.15, 0.2) is 73.1 Å². The molecule has 3 rings (SSSR count). The van der Waals surface area contributed by atoms with E-state index < -0.39 is 0 Å². The average molecular weight is 350 g/mol. The van der Waals surface area contributed by atoms with Crippen LogP contribution in [0.1, 0.15) is 18.0 Å². The highest BCUT2D eigenvalue weighted by molar-refractivity contribution is 5.91. The van der Waals surface area contributed by atoms with Crippen LogP contribution in [0.5, 0.6) is 11.5 Å². The summed E-state index contributed by atoms with van der Waals surface area (Å²) in [4.78, 5) is 12.6. The summed E-state index contributed by atoms with van der Waals surface area (Å²) in [6.07, 6.45) is 4.27. The van der Waals surface area contributed by atoms with Crippen molar-refractivity contribution in [2.75, 3.05) is 19.5 Å². The Kier molecular flexibility index (Phi) is 5.59. The minimum Gasteiger partial charge on any atom is -0.493 e. The number of hydrogen-bond donors (Lipinski definition) is 1. The molecule has 1 atom stereocenters. The Labute approximate surface area is 153 Å². The summed E-state index contributed by atoms with van der Waals surface area (Å²) in [5.74, 6) is 1.13. The third-order valence-electron chi connectivity index (χ3n) is 4.22. The van der Waals surface area contributed by atoms with Crippen molar-refractivity contribution in [1.82, 2.24) is 4.57 Å². The van der Waals surface area contributed by atoms with Gasteiger partial charge in [-0.05, 0) is 29.8 Å². The predicted octanol–water partition coefficient (Wildman–Crippen LogP) is 4.12. The molecule has 5 heteroatoms. The van der Waals surface area contributed by atoms with E-state index in [1.165, 1.54) is 0 Å². The molecule has 1 aromatic heterocycles. The molecule has 134 valence electrons. The van der Waals surface area contributed by atoms with Gasteiger partial charge in [0, 0.05) is 24.1 Å². The Hall–Kier alpha value is -3.21. The average Bonchev–Trinajstić information content (AvgIpc) is 3.21. The van der Waals surface area contributed by atoms with Crippen molar-refractivity contribution in [3.63, 3.8) is 0 Å². The molecule has 3 aromatic rings. The van der Waals surface area contributed by atoms with E-state index in [-0.39, 0.29) is 11.9 Å². The summed E-state index contributed by atoms with van der Waals surface area (Å²) >= 11 is 0. The lowest BCUT2D eigenvalue weighted by Crippen LogP contribution is -2.19. The molecule has 0 bridgehead atoms. The zero-order chi connectivity index (χ0) is 18.4. The SMILES string of the molecule is COc1ccc(NC(=O)C[C@@H](c2ccccc2)n2cccc2)cc1OC. The van der Waals surface area contributed by atoms with Crippen molar-refractivity contribution in [1.29, 1.82) is 0 Å². The summed E-state index contributed by atoms with van der Waals surface area (Å²) < 4.78 is 12.6. The maximum atomic E-state index is 12.6. The zero-order valence-corrected chi connectivity index (χ0v) is 14.9. The van der Waals surface area contributed by atoms with Crippen molar-refractivity contribution in [2.24, 2.45) is 0 Å². The second-order valence-electron chi connectivity index (χ2n) is 5.88. The van der Waals surface area contributed by atoms with Gasteiger partial charge >= 0.3 is 0 Å². The molecule has 0 spiro atoms. The summed E-state index contributed by atoms with van der Waals surface area (Å²) in [6, 6.07) is 19.2. The van der Waals surface area contributed by atoms with Gasteiger partial charge in [-0.1, -0.05) is 30.3 Å². The largest absolute Gasteiger partial charge is 0.493 e. The molecular formula is C21H22N2O3. The third kappa shape index (κ3) is 4.06. The van der Waals surface area contributed by atoms with Gasteiger partial charge in [0.2, 0.25) is 5.91 Å². The highest BCUT2D eigenvalue weighted by Gasteiger charge is 2.17. The van der Waals surface area contributed by atoms with E-state index in [0.717, 1.165) is 5.56 Å². The molecule has 0 aliphatic carbocycles. The van der Waals surface area contributed by atoms with Crippen LogP contribution in [0, 0.1) is 0 Å². The number of hydrogen-bond acceptors (Lipinski definition) is 3. The fourth-order valence-electron chi connectivity index (χ4n) is 2.93. The first-order chi connectivity index (χ1) is 12.7. The van der Waals surface area contributed by atoms with Crippen molar-refractivity contribution in [2.45, 2.75) is 12.5 Å². The topological polar surface area (TPSA) is 52.5 Å². The minimum absolute atomic E-state index is 0.0636. The highest BCUT2D eigenvalue weighted by Crippen LogP contribution is 2.30. The van der Waals surface area contributed by atoms with Gasteiger partial charge in [-0.25, -0.2) is 0 Å². The fourth-order valence-corrected chi connectivity index (χ4v) is 2.93. The number of anilines is 1. The smallest absolute Gasteiger partial charge is 0.226 e. The van der Waals surface area contributed by atoms with Crippen LogP contribution >= 0.6 is 0 Å². The van der Waals surface area contributed by atoms with Crippen LogP contribution in [-0.4, -0.2) is 24.7 Å². The summed E-state index contributed by atoms with van der Waals surface area (Å²) in [5.41, 5.74) is 1.76. The summed E-state index contributed by atoms with van der Waals surface area (Å²) in [7, 11) is 3.15. The molecule has 0 unspecified atom stereocenters. The van der Waals surface area contributed by atoms with Gasteiger partial charge in [-0.15, -0.1) is 0 Å². The van der Waals surface area contributed by atoms with Gasteiger partial charge in [-0.3, -0.25) is 4.79 Å². The molecule has 1 amide bonds. The van der Waals surface area contributed by atoms with E-state index in [4.69, 9.17) is 9.47 Å². The van der Waals surface area contributed by atoms with E-state index in [2.05, 4.69) is 5.32 Å². The molecule has 26 heavy (non-hydrogen) atoms. The number of ether oxygens (including phenoxy) is 2. The molecule has 0 saturated heterocycles. The van der Waals surface area contributed by atoms with Crippen molar-refractivity contribution < 1.29 is 14.3 Å². The molecule has 0 radical (unpaired) electrons. The standard InChI is InChI=1S/C21H22N2O3/c1-25-19-11-10-17(14-20(19)26-2)22-21(24)15-18(23-12-6-7-13-23)16-8-4-3-5-9-16/h3-14,18H,15H2,1-2H3,(H,22,24)/t18-/m0/s1. The Morgan fingerprint density at radius 1 is 0.962 bits per heavy atom. The van der Waals surface area contributed by atoms with Crippen LogP contribution in [0.4, 0.5) is 5.69 Å². The van der Waals surface area contributed by atoms with Crippen molar-refractivity contribution in [3.05, 3.63) is 78.6 Å². The molecule has 0 aliphatic heterocycles. The summed E-state index contributed by atoms with van der Waals surface area (Å²) in [5, 5.41) is 2.94. The van der Waals surface area contributed by atoms with E-state index in [1.54, 1.807) is 32.4 Å². The fraction of sp³-hybridized carbons (Fsp3) is 0.190. The number of amides is 1. The highest BCUT2D eigenvalue weighted by atomic mass is 16.5. The van der Waals surface area contributed by atoms with Crippen molar-refractivity contribution >= 4 is 11.6 Å². The van der Waals surface area contributed by atoms with Gasteiger partial charge in [0.25, 0.3) is 0 Å². The second kappa shape index (κ2) is 8.25. The Morgan fingerprint density at radius 2 is 1.65 bits per heavy atom.